The zero-order valence-corrected chi connectivity index (χ0v) is 13.3. The summed E-state index contributed by atoms with van der Waals surface area (Å²) in [5, 5.41) is 8.82. The lowest BCUT2D eigenvalue weighted by Gasteiger charge is -2.34. The number of piperidine rings is 1. The van der Waals surface area contributed by atoms with E-state index in [1.807, 2.05) is 13.1 Å². The van der Waals surface area contributed by atoms with E-state index in [2.05, 4.69) is 9.88 Å². The average molecular weight is 304 g/mol. The quantitative estimate of drug-likeness (QED) is 0.860. The predicted molar refractivity (Wildman–Crippen MR) is 83.5 cm³/mol. The largest absolute Gasteiger partial charge is 0.383 e. The molecule has 0 aromatic carbocycles. The Morgan fingerprint density at radius 3 is 3.14 bits per heavy atom. The molecule has 1 saturated heterocycles. The molecule has 1 fully saturated rings. The van der Waals surface area contributed by atoms with Crippen LogP contribution in [-0.4, -0.2) is 67.6 Å². The van der Waals surface area contributed by atoms with Gasteiger partial charge < -0.3 is 19.5 Å². The molecular formula is C16H24N4O2. The summed E-state index contributed by atoms with van der Waals surface area (Å²) in [6.45, 7) is 4.56. The maximum absolute atomic E-state index is 12.4. The Hall–Kier alpha value is -1.84. The monoisotopic (exact) mass is 304 g/mol. The SMILES string of the molecule is COCCN1CCC[C@@H](CN(C)C(=O)c2cc(C#N)c[nH]2)C1. The zero-order chi connectivity index (χ0) is 15.9. The summed E-state index contributed by atoms with van der Waals surface area (Å²) in [6.07, 6.45) is 3.88. The van der Waals surface area contributed by atoms with E-state index in [0.29, 0.717) is 17.2 Å². The first-order valence-corrected chi connectivity index (χ1v) is 7.69. The second-order valence-corrected chi connectivity index (χ2v) is 5.90. The Bertz CT molecular complexity index is 534. The Morgan fingerprint density at radius 2 is 2.45 bits per heavy atom. The minimum Gasteiger partial charge on any atom is -0.383 e. The van der Waals surface area contributed by atoms with Crippen LogP contribution in [0.25, 0.3) is 0 Å². The van der Waals surface area contributed by atoms with Gasteiger partial charge in [-0.15, -0.1) is 0 Å². The Morgan fingerprint density at radius 1 is 1.64 bits per heavy atom. The fraction of sp³-hybridized carbons (Fsp3) is 0.625. The van der Waals surface area contributed by atoms with Gasteiger partial charge in [-0.2, -0.15) is 5.26 Å². The molecular weight excluding hydrogens is 280 g/mol. The van der Waals surface area contributed by atoms with Gasteiger partial charge in [-0.05, 0) is 31.4 Å². The molecule has 1 aliphatic rings. The molecule has 6 nitrogen and oxygen atoms in total. The number of H-pyrrole nitrogens is 1. The van der Waals surface area contributed by atoms with Crippen molar-refractivity contribution in [1.82, 2.24) is 14.8 Å². The molecule has 0 unspecified atom stereocenters. The number of carbonyl (C=O) groups is 1. The maximum Gasteiger partial charge on any atom is 0.270 e. The lowest BCUT2D eigenvalue weighted by molar-refractivity contribution is 0.0698. The maximum atomic E-state index is 12.4. The van der Waals surface area contributed by atoms with E-state index in [4.69, 9.17) is 10.00 Å². The van der Waals surface area contributed by atoms with E-state index in [9.17, 15) is 4.79 Å². The first-order chi connectivity index (χ1) is 10.6. The second kappa shape index (κ2) is 7.97. The number of nitrogens with zero attached hydrogens (tertiary/aromatic N) is 3. The lowest BCUT2D eigenvalue weighted by atomic mass is 9.97. The summed E-state index contributed by atoms with van der Waals surface area (Å²) in [4.78, 5) is 19.4. The normalized spacial score (nSPS) is 18.9. The van der Waals surface area contributed by atoms with Gasteiger partial charge in [0.25, 0.3) is 5.91 Å². The number of carbonyl (C=O) groups excluding carboxylic acids is 1. The first-order valence-electron chi connectivity index (χ1n) is 7.69. The molecule has 6 heteroatoms. The van der Waals surface area contributed by atoms with Gasteiger partial charge in [0.15, 0.2) is 0 Å². The molecule has 1 aromatic rings. The van der Waals surface area contributed by atoms with Crippen LogP contribution >= 0.6 is 0 Å². The number of likely N-dealkylation sites (tertiary alicyclic amines) is 1. The van der Waals surface area contributed by atoms with Gasteiger partial charge in [0.05, 0.1) is 12.2 Å². The van der Waals surface area contributed by atoms with Crippen LogP contribution in [0.3, 0.4) is 0 Å². The number of nitriles is 1. The summed E-state index contributed by atoms with van der Waals surface area (Å²) in [5.41, 5.74) is 0.964. The van der Waals surface area contributed by atoms with Crippen LogP contribution in [0, 0.1) is 17.2 Å². The average Bonchev–Trinajstić information content (AvgIpc) is 3.01. The van der Waals surface area contributed by atoms with Crippen LogP contribution in [0.15, 0.2) is 12.3 Å². The van der Waals surface area contributed by atoms with Gasteiger partial charge in [0.2, 0.25) is 0 Å². The number of hydrogen-bond acceptors (Lipinski definition) is 4. The summed E-state index contributed by atoms with van der Waals surface area (Å²) < 4.78 is 5.13. The van der Waals surface area contributed by atoms with Gasteiger partial charge in [0.1, 0.15) is 11.8 Å². The van der Waals surface area contributed by atoms with Crippen molar-refractivity contribution in [3.8, 4) is 6.07 Å². The van der Waals surface area contributed by atoms with E-state index in [-0.39, 0.29) is 5.91 Å². The van der Waals surface area contributed by atoms with E-state index in [1.165, 1.54) is 0 Å². The van der Waals surface area contributed by atoms with E-state index >= 15 is 0 Å². The predicted octanol–water partition coefficient (Wildman–Crippen LogP) is 1.32. The van der Waals surface area contributed by atoms with Crippen LogP contribution in [0.1, 0.15) is 28.9 Å². The van der Waals surface area contributed by atoms with Gasteiger partial charge in [-0.25, -0.2) is 0 Å². The molecule has 0 spiro atoms. The number of rotatable bonds is 6. The van der Waals surface area contributed by atoms with Crippen LogP contribution in [0.4, 0.5) is 0 Å². The highest BCUT2D eigenvalue weighted by Gasteiger charge is 2.23. The van der Waals surface area contributed by atoms with Gasteiger partial charge in [-0.1, -0.05) is 0 Å². The van der Waals surface area contributed by atoms with Gasteiger partial charge in [-0.3, -0.25) is 4.79 Å². The van der Waals surface area contributed by atoms with Crippen molar-refractivity contribution in [1.29, 1.82) is 5.26 Å². The number of ether oxygens (including phenoxy) is 1. The third kappa shape index (κ3) is 4.33. The minimum atomic E-state index is -0.0597. The van der Waals surface area contributed by atoms with E-state index in [0.717, 1.165) is 45.6 Å². The zero-order valence-electron chi connectivity index (χ0n) is 13.3. The third-order valence-electron chi connectivity index (χ3n) is 4.14. The van der Waals surface area contributed by atoms with Crippen LogP contribution in [0.5, 0.6) is 0 Å². The van der Waals surface area contributed by atoms with Gasteiger partial charge in [0, 0.05) is 40.0 Å². The number of aromatic amines is 1. The van der Waals surface area contributed by atoms with Crippen LogP contribution in [0.2, 0.25) is 0 Å². The Kier molecular flexibility index (Phi) is 5.99. The van der Waals surface area contributed by atoms with Crippen molar-refractivity contribution >= 4 is 5.91 Å². The summed E-state index contributed by atoms with van der Waals surface area (Å²) in [5.74, 6) is 0.431. The fourth-order valence-electron chi connectivity index (χ4n) is 2.98. The number of methoxy groups -OCH3 is 1. The molecule has 22 heavy (non-hydrogen) atoms. The number of hydrogen-bond donors (Lipinski definition) is 1. The minimum absolute atomic E-state index is 0.0597. The Balaban J connectivity index is 1.86. The molecule has 0 saturated carbocycles. The van der Waals surface area contributed by atoms with Crippen molar-refractivity contribution in [2.24, 2.45) is 5.92 Å². The first kappa shape index (κ1) is 16.5. The molecule has 1 N–H and O–H groups in total. The molecule has 1 atom stereocenters. The smallest absolute Gasteiger partial charge is 0.270 e. The Labute approximate surface area is 131 Å². The molecule has 0 bridgehead atoms. The number of aromatic nitrogens is 1. The molecule has 1 aliphatic heterocycles. The fourth-order valence-corrected chi connectivity index (χ4v) is 2.98. The third-order valence-corrected chi connectivity index (χ3v) is 4.14. The molecule has 0 radical (unpaired) electrons. The molecule has 2 rings (SSSR count). The topological polar surface area (TPSA) is 72.4 Å². The molecule has 1 amide bonds. The summed E-state index contributed by atoms with van der Waals surface area (Å²) in [6, 6.07) is 3.63. The molecule has 0 aliphatic carbocycles. The second-order valence-electron chi connectivity index (χ2n) is 5.90. The summed E-state index contributed by atoms with van der Waals surface area (Å²) in [7, 11) is 3.54. The van der Waals surface area contributed by atoms with Crippen molar-refractivity contribution in [2.75, 3.05) is 46.9 Å². The van der Waals surface area contributed by atoms with E-state index < -0.39 is 0 Å². The van der Waals surface area contributed by atoms with Crippen molar-refractivity contribution in [3.05, 3.63) is 23.5 Å². The lowest BCUT2D eigenvalue weighted by Crippen LogP contribution is -2.42. The van der Waals surface area contributed by atoms with Crippen molar-refractivity contribution in [3.63, 3.8) is 0 Å². The number of amides is 1. The highest BCUT2D eigenvalue weighted by atomic mass is 16.5. The molecule has 1 aromatic heterocycles. The van der Waals surface area contributed by atoms with Crippen molar-refractivity contribution in [2.45, 2.75) is 12.8 Å². The van der Waals surface area contributed by atoms with Crippen molar-refractivity contribution < 1.29 is 9.53 Å². The highest BCUT2D eigenvalue weighted by Crippen LogP contribution is 2.18. The van der Waals surface area contributed by atoms with Crippen LogP contribution < -0.4 is 0 Å². The molecule has 2 heterocycles. The molecule has 120 valence electrons. The standard InChI is InChI=1S/C16H24N4O2/c1-19(16(21)15-8-14(9-17)10-18-15)11-13-4-3-5-20(12-13)6-7-22-2/h8,10,13,18H,3-7,11-12H2,1-2H3/t13-/m0/s1. The summed E-state index contributed by atoms with van der Waals surface area (Å²) >= 11 is 0. The van der Waals surface area contributed by atoms with Gasteiger partial charge >= 0.3 is 0 Å². The van der Waals surface area contributed by atoms with E-state index in [1.54, 1.807) is 24.3 Å². The van der Waals surface area contributed by atoms with Crippen LogP contribution in [-0.2, 0) is 4.74 Å². The highest BCUT2D eigenvalue weighted by molar-refractivity contribution is 5.92. The number of nitrogens with one attached hydrogen (secondary N) is 1.